The van der Waals surface area contributed by atoms with Gasteiger partial charge in [-0.25, -0.2) is 0 Å². The summed E-state index contributed by atoms with van der Waals surface area (Å²) in [5.41, 5.74) is 1.80. The second-order valence-corrected chi connectivity index (χ2v) is 7.45. The Bertz CT molecular complexity index is 758. The van der Waals surface area contributed by atoms with Gasteiger partial charge in [-0.2, -0.15) is 0 Å². The zero-order valence-corrected chi connectivity index (χ0v) is 17.4. The summed E-state index contributed by atoms with van der Waals surface area (Å²) in [6, 6.07) is 14.8. The number of carbonyl (C=O) groups is 2. The third kappa shape index (κ3) is 6.71. The van der Waals surface area contributed by atoms with Crippen LogP contribution in [0, 0.1) is 0 Å². The molecule has 6 heteroatoms. The molecule has 0 aromatic heterocycles. The van der Waals surface area contributed by atoms with Crippen LogP contribution in [0.4, 0.5) is 0 Å². The third-order valence-corrected chi connectivity index (χ3v) is 4.57. The molecule has 0 fully saturated rings. The number of ether oxygens (including phenoxy) is 1. The molecule has 0 bridgehead atoms. The molecule has 2 aromatic rings. The monoisotopic (exact) mass is 432 g/mol. The van der Waals surface area contributed by atoms with Gasteiger partial charge in [0.15, 0.2) is 6.10 Å². The van der Waals surface area contributed by atoms with Gasteiger partial charge in [0, 0.05) is 23.1 Å². The van der Waals surface area contributed by atoms with E-state index in [0.717, 1.165) is 4.47 Å². The Morgan fingerprint density at radius 1 is 0.926 bits per heavy atom. The SMILES string of the molecule is CC(Oc1ccc(C(C)C)cc1)C(=O)NCCNC(=O)c1ccc(Br)cc1. The fraction of sp³-hybridized carbons (Fsp3) is 0.333. The molecule has 0 radical (unpaired) electrons. The standard InChI is InChI=1S/C21H25BrN2O3/c1-14(2)16-6-10-19(11-7-16)27-15(3)20(25)23-12-13-24-21(26)17-4-8-18(22)9-5-17/h4-11,14-15H,12-13H2,1-3H3,(H,23,25)(H,24,26). The van der Waals surface area contributed by atoms with Crippen LogP contribution in [0.25, 0.3) is 0 Å². The lowest BCUT2D eigenvalue weighted by Gasteiger charge is -2.15. The first kappa shape index (κ1) is 21.0. The van der Waals surface area contributed by atoms with E-state index in [-0.39, 0.29) is 11.8 Å². The minimum absolute atomic E-state index is 0.175. The number of halogens is 1. The molecule has 1 unspecified atom stereocenters. The number of amides is 2. The van der Waals surface area contributed by atoms with Crippen molar-refractivity contribution in [1.82, 2.24) is 10.6 Å². The van der Waals surface area contributed by atoms with Gasteiger partial charge in [-0.1, -0.05) is 41.9 Å². The maximum Gasteiger partial charge on any atom is 0.260 e. The largest absolute Gasteiger partial charge is 0.481 e. The van der Waals surface area contributed by atoms with E-state index in [9.17, 15) is 9.59 Å². The smallest absolute Gasteiger partial charge is 0.260 e. The van der Waals surface area contributed by atoms with E-state index in [1.807, 2.05) is 36.4 Å². The Kier molecular flexibility index (Phi) is 7.85. The van der Waals surface area contributed by atoms with Crippen molar-refractivity contribution in [1.29, 1.82) is 0 Å². The molecule has 27 heavy (non-hydrogen) atoms. The fourth-order valence-corrected chi connectivity index (χ4v) is 2.66. The summed E-state index contributed by atoms with van der Waals surface area (Å²) in [5, 5.41) is 5.53. The number of carbonyl (C=O) groups excluding carboxylic acids is 2. The molecule has 0 heterocycles. The summed E-state index contributed by atoms with van der Waals surface area (Å²) in [6.45, 7) is 6.63. The number of hydrogen-bond donors (Lipinski definition) is 2. The van der Waals surface area contributed by atoms with Crippen molar-refractivity contribution in [2.75, 3.05) is 13.1 Å². The molecule has 0 aliphatic heterocycles. The van der Waals surface area contributed by atoms with Gasteiger partial charge in [-0.05, 0) is 54.8 Å². The Morgan fingerprint density at radius 3 is 2.11 bits per heavy atom. The van der Waals surface area contributed by atoms with E-state index in [1.165, 1.54) is 5.56 Å². The van der Waals surface area contributed by atoms with E-state index in [2.05, 4.69) is 40.4 Å². The zero-order valence-electron chi connectivity index (χ0n) is 15.8. The average Bonchev–Trinajstić information content (AvgIpc) is 2.65. The molecule has 0 saturated carbocycles. The predicted octanol–water partition coefficient (Wildman–Crippen LogP) is 3.89. The number of hydrogen-bond acceptors (Lipinski definition) is 3. The minimum Gasteiger partial charge on any atom is -0.481 e. The van der Waals surface area contributed by atoms with Crippen LogP contribution in [0.5, 0.6) is 5.75 Å². The molecule has 5 nitrogen and oxygen atoms in total. The molecular weight excluding hydrogens is 408 g/mol. The molecule has 0 aliphatic carbocycles. The molecule has 0 aliphatic rings. The Labute approximate surface area is 168 Å². The fourth-order valence-electron chi connectivity index (χ4n) is 2.40. The Morgan fingerprint density at radius 2 is 1.52 bits per heavy atom. The first-order valence-electron chi connectivity index (χ1n) is 8.95. The van der Waals surface area contributed by atoms with Crippen molar-refractivity contribution in [2.45, 2.75) is 32.8 Å². The lowest BCUT2D eigenvalue weighted by atomic mass is 10.0. The van der Waals surface area contributed by atoms with E-state index in [4.69, 9.17) is 4.74 Å². The number of rotatable bonds is 8. The predicted molar refractivity (Wildman–Crippen MR) is 110 cm³/mol. The molecule has 144 valence electrons. The lowest BCUT2D eigenvalue weighted by molar-refractivity contribution is -0.127. The van der Waals surface area contributed by atoms with Crippen LogP contribution >= 0.6 is 15.9 Å². The van der Waals surface area contributed by atoms with Crippen molar-refractivity contribution in [3.8, 4) is 5.75 Å². The normalized spacial score (nSPS) is 11.7. The highest BCUT2D eigenvalue weighted by Crippen LogP contribution is 2.19. The lowest BCUT2D eigenvalue weighted by Crippen LogP contribution is -2.40. The van der Waals surface area contributed by atoms with Gasteiger partial charge >= 0.3 is 0 Å². The van der Waals surface area contributed by atoms with Crippen molar-refractivity contribution in [3.05, 3.63) is 64.1 Å². The van der Waals surface area contributed by atoms with E-state index in [0.29, 0.717) is 30.3 Å². The molecule has 0 saturated heterocycles. The van der Waals surface area contributed by atoms with Gasteiger partial charge in [-0.15, -0.1) is 0 Å². The van der Waals surface area contributed by atoms with Gasteiger partial charge in [-0.3, -0.25) is 9.59 Å². The zero-order chi connectivity index (χ0) is 19.8. The van der Waals surface area contributed by atoms with Gasteiger partial charge in [0.1, 0.15) is 5.75 Å². The highest BCUT2D eigenvalue weighted by molar-refractivity contribution is 9.10. The van der Waals surface area contributed by atoms with Crippen LogP contribution in [0.15, 0.2) is 53.0 Å². The second-order valence-electron chi connectivity index (χ2n) is 6.54. The first-order valence-corrected chi connectivity index (χ1v) is 9.74. The number of benzene rings is 2. The number of nitrogens with one attached hydrogen (secondary N) is 2. The summed E-state index contributed by atoms with van der Waals surface area (Å²) in [4.78, 5) is 24.1. The summed E-state index contributed by atoms with van der Waals surface area (Å²) in [5.74, 6) is 0.713. The van der Waals surface area contributed by atoms with Crippen LogP contribution in [0.1, 0.15) is 42.6 Å². The molecule has 2 rings (SSSR count). The van der Waals surface area contributed by atoms with Crippen molar-refractivity contribution in [3.63, 3.8) is 0 Å². The van der Waals surface area contributed by atoms with E-state index < -0.39 is 6.10 Å². The van der Waals surface area contributed by atoms with Crippen molar-refractivity contribution < 1.29 is 14.3 Å². The van der Waals surface area contributed by atoms with E-state index >= 15 is 0 Å². The summed E-state index contributed by atoms with van der Waals surface area (Å²) >= 11 is 3.33. The molecule has 2 amide bonds. The van der Waals surface area contributed by atoms with Crippen molar-refractivity contribution >= 4 is 27.7 Å². The third-order valence-electron chi connectivity index (χ3n) is 4.05. The first-order chi connectivity index (χ1) is 12.9. The second kappa shape index (κ2) is 10.1. The Balaban J connectivity index is 1.71. The van der Waals surface area contributed by atoms with Gasteiger partial charge < -0.3 is 15.4 Å². The summed E-state index contributed by atoms with van der Waals surface area (Å²) in [7, 11) is 0. The quantitative estimate of drug-likeness (QED) is 0.621. The summed E-state index contributed by atoms with van der Waals surface area (Å²) < 4.78 is 6.58. The highest BCUT2D eigenvalue weighted by atomic mass is 79.9. The molecule has 2 aromatic carbocycles. The maximum absolute atomic E-state index is 12.1. The molecule has 1 atom stereocenters. The van der Waals surface area contributed by atoms with Gasteiger partial charge in [0.05, 0.1) is 0 Å². The topological polar surface area (TPSA) is 67.4 Å². The van der Waals surface area contributed by atoms with Crippen LogP contribution < -0.4 is 15.4 Å². The van der Waals surface area contributed by atoms with Crippen molar-refractivity contribution in [2.24, 2.45) is 0 Å². The van der Waals surface area contributed by atoms with Gasteiger partial charge in [0.25, 0.3) is 11.8 Å². The Hall–Kier alpha value is -2.34. The average molecular weight is 433 g/mol. The summed E-state index contributed by atoms with van der Waals surface area (Å²) in [6.07, 6.45) is -0.614. The van der Waals surface area contributed by atoms with Crippen LogP contribution in [0.3, 0.4) is 0 Å². The highest BCUT2D eigenvalue weighted by Gasteiger charge is 2.14. The minimum atomic E-state index is -0.614. The maximum atomic E-state index is 12.1. The van der Waals surface area contributed by atoms with Gasteiger partial charge in [0.2, 0.25) is 0 Å². The van der Waals surface area contributed by atoms with Crippen LogP contribution in [-0.4, -0.2) is 31.0 Å². The van der Waals surface area contributed by atoms with E-state index in [1.54, 1.807) is 19.1 Å². The van der Waals surface area contributed by atoms with Crippen LogP contribution in [0.2, 0.25) is 0 Å². The van der Waals surface area contributed by atoms with Crippen LogP contribution in [-0.2, 0) is 4.79 Å². The molecule has 2 N–H and O–H groups in total. The molecular formula is C21H25BrN2O3. The molecule has 0 spiro atoms.